The SMILES string of the molecule is Nc1ccn(Cc2ccc(F)c(F)c2)n1. The maximum atomic E-state index is 12.9. The highest BCUT2D eigenvalue weighted by atomic mass is 19.2. The minimum Gasteiger partial charge on any atom is -0.382 e. The molecule has 0 spiro atoms. The Kier molecular flexibility index (Phi) is 2.37. The van der Waals surface area contributed by atoms with Crippen molar-refractivity contribution >= 4 is 5.82 Å². The van der Waals surface area contributed by atoms with E-state index in [0.717, 1.165) is 12.1 Å². The standard InChI is InChI=1S/C10H9F2N3/c11-8-2-1-7(5-9(8)12)6-15-4-3-10(13)14-15/h1-5H,6H2,(H2,13,14). The third-order valence-corrected chi connectivity index (χ3v) is 1.99. The van der Waals surface area contributed by atoms with Gasteiger partial charge in [-0.2, -0.15) is 5.10 Å². The highest BCUT2D eigenvalue weighted by Gasteiger charge is 2.03. The number of nitrogen functional groups attached to an aromatic ring is 1. The number of halogens is 2. The van der Waals surface area contributed by atoms with E-state index in [1.165, 1.54) is 6.07 Å². The monoisotopic (exact) mass is 209 g/mol. The molecule has 2 N–H and O–H groups in total. The van der Waals surface area contributed by atoms with Gasteiger partial charge >= 0.3 is 0 Å². The fourth-order valence-corrected chi connectivity index (χ4v) is 1.29. The Morgan fingerprint density at radius 2 is 2.00 bits per heavy atom. The van der Waals surface area contributed by atoms with Crippen LogP contribution in [0.3, 0.4) is 0 Å². The number of benzene rings is 1. The van der Waals surface area contributed by atoms with Gasteiger partial charge in [0.25, 0.3) is 0 Å². The maximum Gasteiger partial charge on any atom is 0.159 e. The van der Waals surface area contributed by atoms with Crippen molar-refractivity contribution in [2.24, 2.45) is 0 Å². The minimum atomic E-state index is -0.854. The van der Waals surface area contributed by atoms with Gasteiger partial charge in [-0.05, 0) is 23.8 Å². The molecule has 0 saturated heterocycles. The van der Waals surface area contributed by atoms with Crippen molar-refractivity contribution < 1.29 is 8.78 Å². The van der Waals surface area contributed by atoms with E-state index in [-0.39, 0.29) is 0 Å². The molecule has 0 aliphatic rings. The largest absolute Gasteiger partial charge is 0.382 e. The fraction of sp³-hybridized carbons (Fsp3) is 0.100. The average Bonchev–Trinajstić information content (AvgIpc) is 2.58. The van der Waals surface area contributed by atoms with Gasteiger partial charge in [0.05, 0.1) is 6.54 Å². The predicted molar refractivity (Wildman–Crippen MR) is 52.1 cm³/mol. The number of nitrogens with two attached hydrogens (primary N) is 1. The number of hydrogen-bond donors (Lipinski definition) is 1. The molecule has 0 bridgehead atoms. The zero-order chi connectivity index (χ0) is 10.8. The Morgan fingerprint density at radius 1 is 1.20 bits per heavy atom. The maximum absolute atomic E-state index is 12.9. The molecule has 2 aromatic rings. The Bertz CT molecular complexity index is 479. The lowest BCUT2D eigenvalue weighted by atomic mass is 10.2. The molecule has 78 valence electrons. The Hall–Kier alpha value is -1.91. The zero-order valence-electron chi connectivity index (χ0n) is 7.82. The minimum absolute atomic E-state index is 0.369. The molecule has 5 heteroatoms. The van der Waals surface area contributed by atoms with Crippen LogP contribution in [-0.4, -0.2) is 9.78 Å². The summed E-state index contributed by atoms with van der Waals surface area (Å²) in [6, 6.07) is 5.39. The van der Waals surface area contributed by atoms with Crippen molar-refractivity contribution in [2.45, 2.75) is 6.54 Å². The first-order chi connectivity index (χ1) is 7.15. The van der Waals surface area contributed by atoms with Gasteiger partial charge in [-0.1, -0.05) is 6.07 Å². The van der Waals surface area contributed by atoms with Crippen LogP contribution in [0.2, 0.25) is 0 Å². The Labute approximate surface area is 85.1 Å². The molecule has 2 rings (SSSR count). The van der Waals surface area contributed by atoms with Crippen LogP contribution in [0, 0.1) is 11.6 Å². The summed E-state index contributed by atoms with van der Waals surface area (Å²) in [5.41, 5.74) is 6.06. The number of hydrogen-bond acceptors (Lipinski definition) is 2. The highest BCUT2D eigenvalue weighted by molar-refractivity contribution is 5.25. The molecule has 0 fully saturated rings. The number of rotatable bonds is 2. The van der Waals surface area contributed by atoms with E-state index in [2.05, 4.69) is 5.10 Å². The van der Waals surface area contributed by atoms with E-state index < -0.39 is 11.6 Å². The predicted octanol–water partition coefficient (Wildman–Crippen LogP) is 1.79. The summed E-state index contributed by atoms with van der Waals surface area (Å²) in [5, 5.41) is 3.94. The quantitative estimate of drug-likeness (QED) is 0.819. The molecule has 1 heterocycles. The Balaban J connectivity index is 2.21. The first-order valence-corrected chi connectivity index (χ1v) is 4.38. The summed E-state index contributed by atoms with van der Waals surface area (Å²) in [4.78, 5) is 0. The summed E-state index contributed by atoms with van der Waals surface area (Å²) in [6.45, 7) is 0.369. The lowest BCUT2D eigenvalue weighted by Crippen LogP contribution is -2.02. The molecule has 0 radical (unpaired) electrons. The third kappa shape index (κ3) is 2.12. The van der Waals surface area contributed by atoms with Crippen LogP contribution in [0.25, 0.3) is 0 Å². The van der Waals surface area contributed by atoms with Crippen LogP contribution < -0.4 is 5.73 Å². The summed E-state index contributed by atoms with van der Waals surface area (Å²) >= 11 is 0. The molecule has 0 atom stereocenters. The topological polar surface area (TPSA) is 43.8 Å². The number of anilines is 1. The van der Waals surface area contributed by atoms with Crippen LogP contribution in [0.5, 0.6) is 0 Å². The molecule has 0 amide bonds. The van der Waals surface area contributed by atoms with Crippen LogP contribution in [-0.2, 0) is 6.54 Å². The van der Waals surface area contributed by atoms with Gasteiger partial charge in [0, 0.05) is 6.20 Å². The van der Waals surface area contributed by atoms with Crippen molar-refractivity contribution in [3.05, 3.63) is 47.7 Å². The van der Waals surface area contributed by atoms with E-state index in [4.69, 9.17) is 5.73 Å². The normalized spacial score (nSPS) is 10.5. The number of nitrogens with zero attached hydrogens (tertiary/aromatic N) is 2. The van der Waals surface area contributed by atoms with Crippen LogP contribution in [0.4, 0.5) is 14.6 Å². The van der Waals surface area contributed by atoms with E-state index in [1.54, 1.807) is 16.9 Å². The molecule has 1 aromatic carbocycles. The lowest BCUT2D eigenvalue weighted by molar-refractivity contribution is 0.506. The number of aromatic nitrogens is 2. The van der Waals surface area contributed by atoms with Gasteiger partial charge < -0.3 is 5.73 Å². The first kappa shape index (κ1) is 9.64. The van der Waals surface area contributed by atoms with Gasteiger partial charge in [0.2, 0.25) is 0 Å². The molecular formula is C10H9F2N3. The van der Waals surface area contributed by atoms with E-state index in [9.17, 15) is 8.78 Å². The fourth-order valence-electron chi connectivity index (χ4n) is 1.29. The Morgan fingerprint density at radius 3 is 2.60 bits per heavy atom. The molecule has 0 aliphatic heterocycles. The molecule has 0 aliphatic carbocycles. The van der Waals surface area contributed by atoms with Crippen molar-refractivity contribution in [1.29, 1.82) is 0 Å². The smallest absolute Gasteiger partial charge is 0.159 e. The molecule has 3 nitrogen and oxygen atoms in total. The van der Waals surface area contributed by atoms with Gasteiger partial charge in [0.1, 0.15) is 5.82 Å². The summed E-state index contributed by atoms with van der Waals surface area (Å²) in [5.74, 6) is -1.30. The summed E-state index contributed by atoms with van der Waals surface area (Å²) in [6.07, 6.45) is 1.68. The molecule has 0 unspecified atom stereocenters. The average molecular weight is 209 g/mol. The second-order valence-electron chi connectivity index (χ2n) is 3.19. The summed E-state index contributed by atoms with van der Waals surface area (Å²) < 4.78 is 27.0. The van der Waals surface area contributed by atoms with Crippen molar-refractivity contribution in [3.63, 3.8) is 0 Å². The van der Waals surface area contributed by atoms with Crippen molar-refractivity contribution in [2.75, 3.05) is 5.73 Å². The highest BCUT2D eigenvalue weighted by Crippen LogP contribution is 2.10. The van der Waals surface area contributed by atoms with E-state index >= 15 is 0 Å². The molecule has 15 heavy (non-hydrogen) atoms. The first-order valence-electron chi connectivity index (χ1n) is 4.38. The van der Waals surface area contributed by atoms with Gasteiger partial charge in [0.15, 0.2) is 11.6 Å². The van der Waals surface area contributed by atoms with Crippen molar-refractivity contribution in [3.8, 4) is 0 Å². The van der Waals surface area contributed by atoms with Gasteiger partial charge in [-0.25, -0.2) is 8.78 Å². The second-order valence-corrected chi connectivity index (χ2v) is 3.19. The second kappa shape index (κ2) is 3.68. The summed E-state index contributed by atoms with van der Waals surface area (Å²) in [7, 11) is 0. The molecule has 0 saturated carbocycles. The van der Waals surface area contributed by atoms with Crippen LogP contribution in [0.1, 0.15) is 5.56 Å². The van der Waals surface area contributed by atoms with Crippen LogP contribution >= 0.6 is 0 Å². The van der Waals surface area contributed by atoms with E-state index in [1.807, 2.05) is 0 Å². The van der Waals surface area contributed by atoms with Gasteiger partial charge in [-0.3, -0.25) is 4.68 Å². The zero-order valence-corrected chi connectivity index (χ0v) is 7.82. The third-order valence-electron chi connectivity index (χ3n) is 1.99. The van der Waals surface area contributed by atoms with E-state index in [0.29, 0.717) is 17.9 Å². The van der Waals surface area contributed by atoms with Crippen molar-refractivity contribution in [1.82, 2.24) is 9.78 Å². The lowest BCUT2D eigenvalue weighted by Gasteiger charge is -2.02. The van der Waals surface area contributed by atoms with Gasteiger partial charge in [-0.15, -0.1) is 0 Å². The molecular weight excluding hydrogens is 200 g/mol. The van der Waals surface area contributed by atoms with Crippen LogP contribution in [0.15, 0.2) is 30.5 Å². The molecule has 1 aromatic heterocycles.